The fraction of sp³-hybridized carbons (Fsp3) is 0.684. The maximum absolute atomic E-state index is 6.30. The first kappa shape index (κ1) is 16.4. The van der Waals surface area contributed by atoms with Gasteiger partial charge in [0, 0.05) is 6.04 Å². The van der Waals surface area contributed by atoms with Crippen molar-refractivity contribution in [3.05, 3.63) is 29.8 Å². The number of nitrogens with one attached hydrogen (secondary N) is 1. The van der Waals surface area contributed by atoms with Gasteiger partial charge < -0.3 is 10.1 Å². The molecule has 0 bridgehead atoms. The minimum absolute atomic E-state index is 0.271. The third-order valence-electron chi connectivity index (χ3n) is 5.18. The van der Waals surface area contributed by atoms with E-state index in [0.717, 1.165) is 12.2 Å². The van der Waals surface area contributed by atoms with E-state index in [9.17, 15) is 0 Å². The van der Waals surface area contributed by atoms with Crippen LogP contribution < -0.4 is 10.1 Å². The number of likely N-dealkylation sites (N-methyl/N-ethyl adjacent to an activating group) is 1. The Kier molecular flexibility index (Phi) is 5.32. The molecule has 1 fully saturated rings. The molecule has 2 nitrogen and oxygen atoms in total. The second-order valence-electron chi connectivity index (χ2n) is 7.18. The molecule has 0 saturated heterocycles. The molecule has 1 N–H and O–H groups in total. The van der Waals surface area contributed by atoms with Crippen LogP contribution in [0, 0.1) is 5.41 Å². The normalized spacial score (nSPS) is 26.3. The summed E-state index contributed by atoms with van der Waals surface area (Å²) in [5, 5.41) is 3.48. The topological polar surface area (TPSA) is 21.3 Å². The molecular formula is C19H31NO. The van der Waals surface area contributed by atoms with Gasteiger partial charge in [0.1, 0.15) is 11.9 Å². The summed E-state index contributed by atoms with van der Waals surface area (Å²) in [5.41, 5.74) is 1.70. The number of hydrogen-bond donors (Lipinski definition) is 1. The van der Waals surface area contributed by atoms with Crippen LogP contribution in [0.15, 0.2) is 24.3 Å². The maximum atomic E-state index is 6.30. The third kappa shape index (κ3) is 3.79. The first-order valence-electron chi connectivity index (χ1n) is 8.42. The van der Waals surface area contributed by atoms with Gasteiger partial charge in [-0.15, -0.1) is 0 Å². The van der Waals surface area contributed by atoms with Crippen molar-refractivity contribution in [1.82, 2.24) is 5.32 Å². The Morgan fingerprint density at radius 3 is 2.52 bits per heavy atom. The first-order valence-corrected chi connectivity index (χ1v) is 8.42. The number of ether oxygens (including phenoxy) is 1. The minimum Gasteiger partial charge on any atom is -0.489 e. The van der Waals surface area contributed by atoms with E-state index in [1.807, 2.05) is 0 Å². The zero-order chi connectivity index (χ0) is 15.5. The van der Waals surface area contributed by atoms with Gasteiger partial charge in [0.05, 0.1) is 0 Å². The van der Waals surface area contributed by atoms with Crippen molar-refractivity contribution in [2.75, 3.05) is 7.05 Å². The molecule has 2 rings (SSSR count). The summed E-state index contributed by atoms with van der Waals surface area (Å²) >= 11 is 0. The lowest BCUT2D eigenvalue weighted by atomic mass is 9.72. The van der Waals surface area contributed by atoms with E-state index in [1.165, 1.54) is 24.8 Å². The van der Waals surface area contributed by atoms with Crippen LogP contribution in [0.3, 0.4) is 0 Å². The van der Waals surface area contributed by atoms with Crippen LogP contribution >= 0.6 is 0 Å². The quantitative estimate of drug-likeness (QED) is 0.845. The van der Waals surface area contributed by atoms with E-state index >= 15 is 0 Å². The molecule has 3 unspecified atom stereocenters. The molecule has 21 heavy (non-hydrogen) atoms. The Bertz CT molecular complexity index is 437. The Balaban J connectivity index is 2.06. The largest absolute Gasteiger partial charge is 0.489 e. The summed E-state index contributed by atoms with van der Waals surface area (Å²) < 4.78 is 6.30. The number of benzene rings is 1. The van der Waals surface area contributed by atoms with E-state index in [2.05, 4.69) is 64.3 Å². The van der Waals surface area contributed by atoms with Crippen molar-refractivity contribution in [3.8, 4) is 5.75 Å². The zero-order valence-corrected chi connectivity index (χ0v) is 14.3. The Morgan fingerprint density at radius 2 is 1.95 bits per heavy atom. The van der Waals surface area contributed by atoms with Gasteiger partial charge in [-0.2, -0.15) is 0 Å². The van der Waals surface area contributed by atoms with Crippen molar-refractivity contribution in [2.45, 2.75) is 71.4 Å². The molecule has 1 aliphatic rings. The van der Waals surface area contributed by atoms with Crippen LogP contribution in [-0.4, -0.2) is 19.2 Å². The van der Waals surface area contributed by atoms with E-state index < -0.39 is 0 Å². The van der Waals surface area contributed by atoms with Gasteiger partial charge in [-0.3, -0.25) is 0 Å². The van der Waals surface area contributed by atoms with Crippen molar-refractivity contribution in [3.63, 3.8) is 0 Å². The minimum atomic E-state index is 0.271. The first-order chi connectivity index (χ1) is 9.97. The zero-order valence-electron chi connectivity index (χ0n) is 14.3. The predicted octanol–water partition coefficient (Wildman–Crippen LogP) is 4.75. The van der Waals surface area contributed by atoms with Crippen LogP contribution in [0.1, 0.15) is 64.9 Å². The Morgan fingerprint density at radius 1 is 1.29 bits per heavy atom. The number of rotatable bonds is 5. The van der Waals surface area contributed by atoms with Gasteiger partial charge in [-0.25, -0.2) is 0 Å². The van der Waals surface area contributed by atoms with Gasteiger partial charge in [-0.1, -0.05) is 39.8 Å². The monoisotopic (exact) mass is 289 g/mol. The van der Waals surface area contributed by atoms with Crippen molar-refractivity contribution in [1.29, 1.82) is 0 Å². The molecule has 1 aromatic carbocycles. The Hall–Kier alpha value is -1.02. The van der Waals surface area contributed by atoms with Crippen LogP contribution in [0.5, 0.6) is 5.75 Å². The van der Waals surface area contributed by atoms with Crippen LogP contribution in [0.2, 0.25) is 0 Å². The molecule has 0 aliphatic heterocycles. The molecular weight excluding hydrogens is 258 g/mol. The summed E-state index contributed by atoms with van der Waals surface area (Å²) in [4.78, 5) is 0. The summed E-state index contributed by atoms with van der Waals surface area (Å²) in [6.07, 6.45) is 5.11. The van der Waals surface area contributed by atoms with Gasteiger partial charge in [0.2, 0.25) is 0 Å². The van der Waals surface area contributed by atoms with Crippen molar-refractivity contribution in [2.24, 2.45) is 5.41 Å². The number of hydrogen-bond acceptors (Lipinski definition) is 2. The van der Waals surface area contributed by atoms with Gasteiger partial charge >= 0.3 is 0 Å². The third-order valence-corrected chi connectivity index (χ3v) is 5.18. The Labute approximate surface area is 130 Å². The molecule has 2 heteroatoms. The van der Waals surface area contributed by atoms with E-state index in [-0.39, 0.29) is 6.10 Å². The van der Waals surface area contributed by atoms with Crippen LogP contribution in [-0.2, 0) is 0 Å². The average molecular weight is 289 g/mol. The lowest BCUT2D eigenvalue weighted by Gasteiger charge is -2.43. The van der Waals surface area contributed by atoms with Gasteiger partial charge in [0.25, 0.3) is 0 Å². The molecule has 3 atom stereocenters. The van der Waals surface area contributed by atoms with E-state index in [0.29, 0.717) is 17.4 Å². The predicted molar refractivity (Wildman–Crippen MR) is 90.0 cm³/mol. The summed E-state index contributed by atoms with van der Waals surface area (Å²) in [6, 6.07) is 9.11. The lowest BCUT2D eigenvalue weighted by molar-refractivity contribution is 0.0404. The smallest absolute Gasteiger partial charge is 0.119 e. The molecule has 118 valence electrons. The SMILES string of the molecule is CCC(C)c1ccc(OC2CCCC(C)(C)C2NC)cc1. The second kappa shape index (κ2) is 6.83. The van der Waals surface area contributed by atoms with Crippen LogP contribution in [0.25, 0.3) is 0 Å². The summed E-state index contributed by atoms with van der Waals surface area (Å²) in [6.45, 7) is 9.19. The van der Waals surface area contributed by atoms with E-state index in [4.69, 9.17) is 4.74 Å². The van der Waals surface area contributed by atoms with Gasteiger partial charge in [-0.05, 0) is 61.8 Å². The molecule has 1 saturated carbocycles. The highest BCUT2D eigenvalue weighted by Gasteiger charge is 2.39. The fourth-order valence-corrected chi connectivity index (χ4v) is 3.57. The highest BCUT2D eigenvalue weighted by Crippen LogP contribution is 2.37. The molecule has 0 amide bonds. The maximum Gasteiger partial charge on any atom is 0.119 e. The second-order valence-corrected chi connectivity index (χ2v) is 7.18. The highest BCUT2D eigenvalue weighted by atomic mass is 16.5. The molecule has 0 aromatic heterocycles. The van der Waals surface area contributed by atoms with Crippen molar-refractivity contribution < 1.29 is 4.74 Å². The average Bonchev–Trinajstić information content (AvgIpc) is 2.46. The van der Waals surface area contributed by atoms with E-state index in [1.54, 1.807) is 0 Å². The fourth-order valence-electron chi connectivity index (χ4n) is 3.57. The molecule has 0 heterocycles. The summed E-state index contributed by atoms with van der Waals surface area (Å²) in [5.74, 6) is 1.63. The van der Waals surface area contributed by atoms with Gasteiger partial charge in [0.15, 0.2) is 0 Å². The molecule has 1 aromatic rings. The molecule has 0 radical (unpaired) electrons. The summed E-state index contributed by atoms with van der Waals surface area (Å²) in [7, 11) is 2.06. The highest BCUT2D eigenvalue weighted by molar-refractivity contribution is 5.29. The molecule has 0 spiro atoms. The van der Waals surface area contributed by atoms with Crippen molar-refractivity contribution >= 4 is 0 Å². The molecule has 1 aliphatic carbocycles. The lowest BCUT2D eigenvalue weighted by Crippen LogP contribution is -2.53. The standard InChI is InChI=1S/C19H31NO/c1-6-14(2)15-9-11-16(12-10-15)21-17-8-7-13-19(3,4)18(17)20-5/h9-12,14,17-18,20H,6-8,13H2,1-5H3. The van der Waals surface area contributed by atoms with Crippen LogP contribution in [0.4, 0.5) is 0 Å².